The largest absolute Gasteiger partial charge is 0.336 e. The molecule has 7 heteroatoms. The minimum Gasteiger partial charge on any atom is -0.336 e. The van der Waals surface area contributed by atoms with Crippen LogP contribution in [-0.2, 0) is 7.05 Å². The fraction of sp³-hybridized carbons (Fsp3) is 0.111. The average molecular weight is 342 g/mol. The van der Waals surface area contributed by atoms with Crippen LogP contribution in [0.25, 0.3) is 0 Å². The standard InChI is InChI=1S/C18H16F2N4O/c1-24-10-9-21-17(24)16(12-5-7-13(19)8-6-12)23-18(25)22-15-4-2-3-14(20)11-15/h2-11,16H,1H3,(H2,22,23,25). The maximum absolute atomic E-state index is 13.2. The Morgan fingerprint density at radius 1 is 1.12 bits per heavy atom. The summed E-state index contributed by atoms with van der Waals surface area (Å²) in [7, 11) is 1.80. The lowest BCUT2D eigenvalue weighted by Crippen LogP contribution is -2.34. The van der Waals surface area contributed by atoms with Crippen LogP contribution in [0.1, 0.15) is 17.4 Å². The molecule has 3 rings (SSSR count). The Hall–Kier alpha value is -3.22. The number of rotatable bonds is 4. The number of benzene rings is 2. The van der Waals surface area contributed by atoms with E-state index in [9.17, 15) is 13.6 Å². The Morgan fingerprint density at radius 3 is 2.52 bits per heavy atom. The van der Waals surface area contributed by atoms with Gasteiger partial charge < -0.3 is 15.2 Å². The third kappa shape index (κ3) is 4.00. The first kappa shape index (κ1) is 16.6. The lowest BCUT2D eigenvalue weighted by molar-refractivity contribution is 0.249. The molecule has 2 aromatic carbocycles. The van der Waals surface area contributed by atoms with Gasteiger partial charge in [0.05, 0.1) is 0 Å². The highest BCUT2D eigenvalue weighted by Gasteiger charge is 2.21. The number of aromatic nitrogens is 2. The van der Waals surface area contributed by atoms with E-state index in [0.717, 1.165) is 0 Å². The highest BCUT2D eigenvalue weighted by molar-refractivity contribution is 5.89. The summed E-state index contributed by atoms with van der Waals surface area (Å²) >= 11 is 0. The zero-order valence-electron chi connectivity index (χ0n) is 13.4. The number of nitrogens with one attached hydrogen (secondary N) is 2. The van der Waals surface area contributed by atoms with E-state index in [2.05, 4.69) is 15.6 Å². The van der Waals surface area contributed by atoms with Crippen molar-refractivity contribution < 1.29 is 13.6 Å². The Kier molecular flexibility index (Phi) is 4.74. The van der Waals surface area contributed by atoms with Gasteiger partial charge in [0.2, 0.25) is 0 Å². The van der Waals surface area contributed by atoms with Crippen molar-refractivity contribution in [1.82, 2.24) is 14.9 Å². The van der Waals surface area contributed by atoms with Crippen molar-refractivity contribution in [3.8, 4) is 0 Å². The summed E-state index contributed by atoms with van der Waals surface area (Å²) in [6.45, 7) is 0. The molecular formula is C18H16F2N4O. The van der Waals surface area contributed by atoms with E-state index in [1.807, 2.05) is 0 Å². The van der Waals surface area contributed by atoms with Gasteiger partial charge in [-0.3, -0.25) is 0 Å². The quantitative estimate of drug-likeness (QED) is 0.761. The van der Waals surface area contributed by atoms with E-state index in [4.69, 9.17) is 0 Å². The van der Waals surface area contributed by atoms with Crippen LogP contribution in [-0.4, -0.2) is 15.6 Å². The molecule has 0 spiro atoms. The molecule has 3 aromatic rings. The number of urea groups is 1. The second-order valence-corrected chi connectivity index (χ2v) is 5.49. The molecule has 0 bridgehead atoms. The summed E-state index contributed by atoms with van der Waals surface area (Å²) in [4.78, 5) is 16.6. The SMILES string of the molecule is Cn1ccnc1C(NC(=O)Nc1cccc(F)c1)c1ccc(F)cc1. The smallest absolute Gasteiger partial charge is 0.320 e. The number of amides is 2. The van der Waals surface area contributed by atoms with Crippen molar-refractivity contribution in [2.45, 2.75) is 6.04 Å². The number of halogens is 2. The first-order valence-corrected chi connectivity index (χ1v) is 7.59. The van der Waals surface area contributed by atoms with Crippen LogP contribution in [0.5, 0.6) is 0 Å². The monoisotopic (exact) mass is 342 g/mol. The normalized spacial score (nSPS) is 11.8. The molecule has 2 amide bonds. The van der Waals surface area contributed by atoms with E-state index in [1.165, 1.54) is 30.3 Å². The number of carbonyl (C=O) groups excluding carboxylic acids is 1. The predicted molar refractivity (Wildman–Crippen MR) is 90.0 cm³/mol. The van der Waals surface area contributed by atoms with Gasteiger partial charge in [0.15, 0.2) is 0 Å². The number of hydrogen-bond acceptors (Lipinski definition) is 2. The predicted octanol–water partition coefficient (Wildman–Crippen LogP) is 3.61. The number of imidazole rings is 1. The molecule has 0 aliphatic carbocycles. The van der Waals surface area contributed by atoms with Gasteiger partial charge in [-0.25, -0.2) is 18.6 Å². The Morgan fingerprint density at radius 2 is 1.88 bits per heavy atom. The van der Waals surface area contributed by atoms with Gasteiger partial charge in [0.1, 0.15) is 23.5 Å². The van der Waals surface area contributed by atoms with Crippen molar-refractivity contribution in [2.75, 3.05) is 5.32 Å². The minimum absolute atomic E-state index is 0.329. The van der Waals surface area contributed by atoms with Gasteiger partial charge in [-0.15, -0.1) is 0 Å². The van der Waals surface area contributed by atoms with Gasteiger partial charge in [-0.2, -0.15) is 0 Å². The molecule has 1 aromatic heterocycles. The second-order valence-electron chi connectivity index (χ2n) is 5.49. The number of carbonyl (C=O) groups is 1. The Bertz CT molecular complexity index is 877. The van der Waals surface area contributed by atoms with Crippen molar-refractivity contribution in [3.05, 3.63) is 83.9 Å². The molecule has 1 heterocycles. The summed E-state index contributed by atoms with van der Waals surface area (Å²) in [6.07, 6.45) is 3.36. The Labute approximate surface area is 143 Å². The summed E-state index contributed by atoms with van der Waals surface area (Å²) < 4.78 is 28.2. The van der Waals surface area contributed by atoms with Crippen molar-refractivity contribution in [3.63, 3.8) is 0 Å². The molecule has 0 saturated carbocycles. The molecule has 25 heavy (non-hydrogen) atoms. The zero-order valence-corrected chi connectivity index (χ0v) is 13.4. The summed E-state index contributed by atoms with van der Waals surface area (Å²) in [5.74, 6) is -0.232. The third-order valence-corrected chi connectivity index (χ3v) is 3.68. The molecule has 128 valence electrons. The Balaban J connectivity index is 1.83. The van der Waals surface area contributed by atoms with Gasteiger partial charge in [-0.1, -0.05) is 18.2 Å². The summed E-state index contributed by atoms with van der Waals surface area (Å²) in [5, 5.41) is 5.36. The molecular weight excluding hydrogens is 326 g/mol. The van der Waals surface area contributed by atoms with E-state index >= 15 is 0 Å². The maximum atomic E-state index is 13.2. The maximum Gasteiger partial charge on any atom is 0.320 e. The zero-order chi connectivity index (χ0) is 17.8. The van der Waals surface area contributed by atoms with E-state index in [-0.39, 0.29) is 5.82 Å². The average Bonchev–Trinajstić information content (AvgIpc) is 2.99. The molecule has 1 atom stereocenters. The fourth-order valence-electron chi connectivity index (χ4n) is 2.47. The summed E-state index contributed by atoms with van der Waals surface area (Å²) in [5.41, 5.74) is 1.00. The second kappa shape index (κ2) is 7.12. The van der Waals surface area contributed by atoms with Gasteiger partial charge >= 0.3 is 6.03 Å². The first-order chi connectivity index (χ1) is 12.0. The summed E-state index contributed by atoms with van der Waals surface area (Å²) in [6, 6.07) is 10.3. The molecule has 0 radical (unpaired) electrons. The first-order valence-electron chi connectivity index (χ1n) is 7.59. The van der Waals surface area contributed by atoms with Crippen molar-refractivity contribution in [2.24, 2.45) is 7.05 Å². The van der Waals surface area contributed by atoms with Gasteiger partial charge in [0.25, 0.3) is 0 Å². The van der Waals surface area contributed by atoms with Crippen LogP contribution in [0.4, 0.5) is 19.3 Å². The number of hydrogen-bond donors (Lipinski definition) is 2. The molecule has 0 saturated heterocycles. The lowest BCUT2D eigenvalue weighted by Gasteiger charge is -2.19. The number of aryl methyl sites for hydroxylation is 1. The van der Waals surface area contributed by atoms with Crippen LogP contribution in [0.15, 0.2) is 60.9 Å². The third-order valence-electron chi connectivity index (χ3n) is 3.68. The number of anilines is 1. The van der Waals surface area contributed by atoms with E-state index < -0.39 is 17.9 Å². The van der Waals surface area contributed by atoms with Crippen LogP contribution >= 0.6 is 0 Å². The molecule has 0 aliphatic heterocycles. The van der Waals surface area contributed by atoms with Gasteiger partial charge in [0, 0.05) is 25.1 Å². The molecule has 0 aliphatic rings. The van der Waals surface area contributed by atoms with Crippen LogP contribution in [0.3, 0.4) is 0 Å². The topological polar surface area (TPSA) is 59.0 Å². The van der Waals surface area contributed by atoms with E-state index in [0.29, 0.717) is 17.1 Å². The van der Waals surface area contributed by atoms with Crippen LogP contribution in [0.2, 0.25) is 0 Å². The fourth-order valence-corrected chi connectivity index (χ4v) is 2.47. The van der Waals surface area contributed by atoms with Crippen LogP contribution < -0.4 is 10.6 Å². The minimum atomic E-state index is -0.589. The van der Waals surface area contributed by atoms with E-state index in [1.54, 1.807) is 42.2 Å². The molecule has 2 N–H and O–H groups in total. The van der Waals surface area contributed by atoms with Crippen molar-refractivity contribution in [1.29, 1.82) is 0 Å². The van der Waals surface area contributed by atoms with Gasteiger partial charge in [-0.05, 0) is 35.9 Å². The highest BCUT2D eigenvalue weighted by Crippen LogP contribution is 2.21. The van der Waals surface area contributed by atoms with Crippen molar-refractivity contribution >= 4 is 11.7 Å². The van der Waals surface area contributed by atoms with Crippen LogP contribution in [0, 0.1) is 11.6 Å². The molecule has 1 unspecified atom stereocenters. The lowest BCUT2D eigenvalue weighted by atomic mass is 10.1. The molecule has 5 nitrogen and oxygen atoms in total. The molecule has 0 fully saturated rings. The highest BCUT2D eigenvalue weighted by atomic mass is 19.1. The number of nitrogens with zero attached hydrogens (tertiary/aromatic N) is 2.